The molecular formula is C21H24N2O9S. The molecule has 11 nitrogen and oxygen atoms in total. The number of anilines is 1. The van der Waals surface area contributed by atoms with Crippen LogP contribution < -0.4 is 14.8 Å². The lowest BCUT2D eigenvalue weighted by Crippen LogP contribution is -2.40. The standard InChI is InChI=1S/C21H24N2O9S/c1-29-14-3-6-19(30-2)17(11-14)22-20(25)13-32-21(26)16-12-15(4-5-18(16)24)33(27,28)23-7-9-31-10-8-23/h3-6,11-12,24H,7-10,13H2,1-2H3,(H,22,25). The van der Waals surface area contributed by atoms with Crippen LogP contribution in [0.3, 0.4) is 0 Å². The monoisotopic (exact) mass is 480 g/mol. The summed E-state index contributed by atoms with van der Waals surface area (Å²) in [5.74, 6) is -1.36. The lowest BCUT2D eigenvalue weighted by molar-refractivity contribution is -0.119. The lowest BCUT2D eigenvalue weighted by Gasteiger charge is -2.26. The molecule has 178 valence electrons. The molecule has 0 spiro atoms. The van der Waals surface area contributed by atoms with Crippen LogP contribution in [0.4, 0.5) is 5.69 Å². The van der Waals surface area contributed by atoms with Crippen LogP contribution in [-0.4, -0.2) is 76.8 Å². The van der Waals surface area contributed by atoms with Crippen LogP contribution >= 0.6 is 0 Å². The highest BCUT2D eigenvalue weighted by Crippen LogP contribution is 2.29. The van der Waals surface area contributed by atoms with E-state index in [1.165, 1.54) is 30.7 Å². The van der Waals surface area contributed by atoms with Gasteiger partial charge in [0.05, 0.1) is 38.0 Å². The first-order valence-electron chi connectivity index (χ1n) is 9.86. The van der Waals surface area contributed by atoms with E-state index in [4.69, 9.17) is 18.9 Å². The van der Waals surface area contributed by atoms with Crippen molar-refractivity contribution in [1.29, 1.82) is 0 Å². The third kappa shape index (κ3) is 5.72. The number of methoxy groups -OCH3 is 2. The maximum atomic E-state index is 12.8. The molecule has 1 aliphatic heterocycles. The molecule has 2 aromatic rings. The molecule has 0 saturated carbocycles. The van der Waals surface area contributed by atoms with Crippen molar-refractivity contribution in [2.45, 2.75) is 4.90 Å². The number of carbonyl (C=O) groups is 2. The molecule has 0 radical (unpaired) electrons. The first kappa shape index (κ1) is 24.3. The Morgan fingerprint density at radius 3 is 2.48 bits per heavy atom. The smallest absolute Gasteiger partial charge is 0.342 e. The second kappa shape index (κ2) is 10.5. The first-order valence-corrected chi connectivity index (χ1v) is 11.3. The van der Waals surface area contributed by atoms with Crippen LogP contribution in [0.15, 0.2) is 41.3 Å². The predicted octanol–water partition coefficient (Wildman–Crippen LogP) is 1.23. The Kier molecular flexibility index (Phi) is 7.74. The van der Waals surface area contributed by atoms with Crippen molar-refractivity contribution < 1.29 is 42.1 Å². The van der Waals surface area contributed by atoms with Gasteiger partial charge in [0.25, 0.3) is 5.91 Å². The number of hydrogen-bond donors (Lipinski definition) is 2. The maximum absolute atomic E-state index is 12.8. The average Bonchev–Trinajstić information content (AvgIpc) is 2.83. The highest BCUT2D eigenvalue weighted by atomic mass is 32.2. The normalized spacial score (nSPS) is 14.4. The van der Waals surface area contributed by atoms with Crippen LogP contribution in [0.5, 0.6) is 17.2 Å². The predicted molar refractivity (Wildman–Crippen MR) is 116 cm³/mol. The van der Waals surface area contributed by atoms with E-state index < -0.39 is 34.3 Å². The molecule has 2 N–H and O–H groups in total. The van der Waals surface area contributed by atoms with Gasteiger partial charge in [-0.15, -0.1) is 0 Å². The number of benzene rings is 2. The van der Waals surface area contributed by atoms with Gasteiger partial charge in [-0.3, -0.25) is 4.79 Å². The molecule has 1 heterocycles. The molecule has 2 aromatic carbocycles. The molecule has 0 unspecified atom stereocenters. The van der Waals surface area contributed by atoms with Crippen molar-refractivity contribution in [2.75, 3.05) is 52.4 Å². The Morgan fingerprint density at radius 1 is 1.09 bits per heavy atom. The zero-order valence-electron chi connectivity index (χ0n) is 18.1. The van der Waals surface area contributed by atoms with Gasteiger partial charge in [-0.2, -0.15) is 4.31 Å². The molecule has 1 amide bonds. The second-order valence-corrected chi connectivity index (χ2v) is 8.82. The number of esters is 1. The number of ether oxygens (including phenoxy) is 4. The number of phenols is 1. The summed E-state index contributed by atoms with van der Waals surface area (Å²) in [6.07, 6.45) is 0. The van der Waals surface area contributed by atoms with Gasteiger partial charge in [-0.25, -0.2) is 13.2 Å². The summed E-state index contributed by atoms with van der Waals surface area (Å²) in [6.45, 7) is 0.200. The zero-order chi connectivity index (χ0) is 24.0. The number of phenolic OH excluding ortho intramolecular Hbond substituents is 1. The molecule has 1 saturated heterocycles. The largest absolute Gasteiger partial charge is 0.507 e. The highest BCUT2D eigenvalue weighted by molar-refractivity contribution is 7.89. The fraction of sp³-hybridized carbons (Fsp3) is 0.333. The Labute approximate surface area is 190 Å². The van der Waals surface area contributed by atoms with E-state index in [-0.39, 0.29) is 36.8 Å². The summed E-state index contributed by atoms with van der Waals surface area (Å²) in [6, 6.07) is 8.08. The third-order valence-corrected chi connectivity index (χ3v) is 6.71. The summed E-state index contributed by atoms with van der Waals surface area (Å²) in [5.41, 5.74) is -0.0737. The van der Waals surface area contributed by atoms with Crippen molar-refractivity contribution in [3.8, 4) is 17.2 Å². The fourth-order valence-electron chi connectivity index (χ4n) is 3.08. The van der Waals surface area contributed by atoms with E-state index in [1.54, 1.807) is 12.1 Å². The van der Waals surface area contributed by atoms with E-state index >= 15 is 0 Å². The summed E-state index contributed by atoms with van der Waals surface area (Å²) in [7, 11) is -0.996. The summed E-state index contributed by atoms with van der Waals surface area (Å²) in [4.78, 5) is 24.6. The minimum absolute atomic E-state index is 0.177. The van der Waals surface area contributed by atoms with Gasteiger partial charge >= 0.3 is 5.97 Å². The highest BCUT2D eigenvalue weighted by Gasteiger charge is 2.28. The van der Waals surface area contributed by atoms with Gasteiger partial charge in [0.15, 0.2) is 6.61 Å². The quantitative estimate of drug-likeness (QED) is 0.534. The third-order valence-electron chi connectivity index (χ3n) is 4.81. The SMILES string of the molecule is COc1ccc(OC)c(NC(=O)COC(=O)c2cc(S(=O)(=O)N3CCOCC3)ccc2O)c1. The van der Waals surface area contributed by atoms with Crippen LogP contribution in [0.2, 0.25) is 0 Å². The van der Waals surface area contributed by atoms with Gasteiger partial charge in [0, 0.05) is 19.2 Å². The van der Waals surface area contributed by atoms with Crippen LogP contribution in [0, 0.1) is 0 Å². The average molecular weight is 480 g/mol. The number of carbonyl (C=O) groups excluding carboxylic acids is 2. The molecule has 1 fully saturated rings. The fourth-order valence-corrected chi connectivity index (χ4v) is 4.52. The summed E-state index contributed by atoms with van der Waals surface area (Å²) >= 11 is 0. The molecule has 3 rings (SSSR count). The topological polar surface area (TPSA) is 141 Å². The van der Waals surface area contributed by atoms with Crippen molar-refractivity contribution in [3.05, 3.63) is 42.0 Å². The van der Waals surface area contributed by atoms with E-state index in [0.29, 0.717) is 17.2 Å². The van der Waals surface area contributed by atoms with Gasteiger partial charge in [-0.05, 0) is 30.3 Å². The van der Waals surface area contributed by atoms with Crippen LogP contribution in [0.1, 0.15) is 10.4 Å². The van der Waals surface area contributed by atoms with E-state index in [9.17, 15) is 23.1 Å². The summed E-state index contributed by atoms with van der Waals surface area (Å²) in [5, 5.41) is 12.6. The Hall–Kier alpha value is -3.35. The van der Waals surface area contributed by atoms with Gasteiger partial charge in [0.1, 0.15) is 22.8 Å². The number of morpholine rings is 1. The van der Waals surface area contributed by atoms with Crippen molar-refractivity contribution in [1.82, 2.24) is 4.31 Å². The number of rotatable bonds is 8. The number of sulfonamides is 1. The Morgan fingerprint density at radius 2 is 1.82 bits per heavy atom. The zero-order valence-corrected chi connectivity index (χ0v) is 18.9. The number of nitrogens with zero attached hydrogens (tertiary/aromatic N) is 1. The lowest BCUT2D eigenvalue weighted by atomic mass is 10.2. The Bertz CT molecular complexity index is 1130. The van der Waals surface area contributed by atoms with E-state index in [0.717, 1.165) is 12.1 Å². The molecule has 0 bridgehead atoms. The van der Waals surface area contributed by atoms with E-state index in [1.807, 2.05) is 0 Å². The molecule has 12 heteroatoms. The minimum Gasteiger partial charge on any atom is -0.507 e. The number of aromatic hydroxyl groups is 1. The second-order valence-electron chi connectivity index (χ2n) is 6.89. The molecule has 0 aliphatic carbocycles. The number of hydrogen-bond acceptors (Lipinski definition) is 9. The van der Waals surface area contributed by atoms with Crippen molar-refractivity contribution in [2.24, 2.45) is 0 Å². The van der Waals surface area contributed by atoms with E-state index in [2.05, 4.69) is 5.32 Å². The molecular weight excluding hydrogens is 456 g/mol. The van der Waals surface area contributed by atoms with Crippen LogP contribution in [-0.2, 0) is 24.3 Å². The van der Waals surface area contributed by atoms with Gasteiger partial charge in [-0.1, -0.05) is 0 Å². The van der Waals surface area contributed by atoms with Gasteiger partial charge < -0.3 is 29.4 Å². The Balaban J connectivity index is 1.69. The minimum atomic E-state index is -3.89. The number of nitrogens with one attached hydrogen (secondary N) is 1. The summed E-state index contributed by atoms with van der Waals surface area (Å²) < 4.78 is 47.3. The van der Waals surface area contributed by atoms with Crippen molar-refractivity contribution >= 4 is 27.6 Å². The van der Waals surface area contributed by atoms with Gasteiger partial charge in [0.2, 0.25) is 10.0 Å². The number of amides is 1. The van der Waals surface area contributed by atoms with Crippen molar-refractivity contribution in [3.63, 3.8) is 0 Å². The maximum Gasteiger partial charge on any atom is 0.342 e. The first-order chi connectivity index (χ1) is 15.8. The van der Waals surface area contributed by atoms with Crippen LogP contribution in [0.25, 0.3) is 0 Å². The molecule has 0 atom stereocenters. The molecule has 33 heavy (non-hydrogen) atoms. The molecule has 1 aliphatic rings. The molecule has 0 aromatic heterocycles.